The number of amides is 1. The molecule has 112 valence electrons. The van der Waals surface area contributed by atoms with Crippen LogP contribution >= 0.6 is 11.6 Å². The molecule has 1 aromatic rings. The van der Waals surface area contributed by atoms with Gasteiger partial charge in [0.15, 0.2) is 0 Å². The Balaban J connectivity index is 2.41. The van der Waals surface area contributed by atoms with Crippen molar-refractivity contribution in [2.45, 2.75) is 11.1 Å². The Morgan fingerprint density at radius 2 is 2.30 bits per heavy atom. The van der Waals surface area contributed by atoms with Gasteiger partial charge in [-0.05, 0) is 0 Å². The van der Waals surface area contributed by atoms with Crippen molar-refractivity contribution in [2.24, 2.45) is 7.05 Å². The SMILES string of the molecule is CNC(=O)C1COCCN1S(=O)(=O)c1ncn(C)c1Cl. The number of likely N-dealkylation sites (N-methyl/N-ethyl adjacent to an activating group) is 1. The van der Waals surface area contributed by atoms with Crippen LogP contribution < -0.4 is 5.32 Å². The number of hydrogen-bond donors (Lipinski definition) is 1. The van der Waals surface area contributed by atoms with Crippen LogP contribution in [0.25, 0.3) is 0 Å². The van der Waals surface area contributed by atoms with E-state index in [0.717, 1.165) is 4.31 Å². The van der Waals surface area contributed by atoms with Crippen LogP contribution in [0.5, 0.6) is 0 Å². The molecule has 1 unspecified atom stereocenters. The number of carbonyl (C=O) groups excluding carboxylic acids is 1. The zero-order chi connectivity index (χ0) is 14.9. The topological polar surface area (TPSA) is 93.5 Å². The highest BCUT2D eigenvalue weighted by atomic mass is 35.5. The minimum Gasteiger partial charge on any atom is -0.378 e. The highest BCUT2D eigenvalue weighted by molar-refractivity contribution is 7.89. The summed E-state index contributed by atoms with van der Waals surface area (Å²) in [6.45, 7) is 0.299. The molecule has 0 aliphatic carbocycles. The Kier molecular flexibility index (Phi) is 4.33. The molecule has 1 N–H and O–H groups in total. The number of halogens is 1. The molecule has 0 bridgehead atoms. The number of ether oxygens (including phenoxy) is 1. The number of rotatable bonds is 3. The standard InChI is InChI=1S/C10H15ClN4O4S/c1-12-9(16)7-5-19-4-3-15(7)20(17,18)10-8(11)14(2)6-13-10/h6-7H,3-5H2,1-2H3,(H,12,16). The van der Waals surface area contributed by atoms with Gasteiger partial charge in [0.05, 0.1) is 19.5 Å². The van der Waals surface area contributed by atoms with E-state index in [2.05, 4.69) is 10.3 Å². The summed E-state index contributed by atoms with van der Waals surface area (Å²) in [6.07, 6.45) is 1.31. The van der Waals surface area contributed by atoms with Crippen LogP contribution in [-0.2, 0) is 26.6 Å². The first kappa shape index (κ1) is 15.2. The predicted octanol–water partition coefficient (Wildman–Crippen LogP) is -0.791. The summed E-state index contributed by atoms with van der Waals surface area (Å²) in [7, 11) is -0.920. The Bertz CT molecular complexity index is 615. The van der Waals surface area contributed by atoms with Crippen LogP contribution in [0, 0.1) is 0 Å². The predicted molar refractivity (Wildman–Crippen MR) is 70.8 cm³/mol. The molecule has 20 heavy (non-hydrogen) atoms. The minimum atomic E-state index is -3.95. The lowest BCUT2D eigenvalue weighted by Gasteiger charge is -2.32. The average molecular weight is 323 g/mol. The third kappa shape index (κ3) is 2.53. The zero-order valence-corrected chi connectivity index (χ0v) is 12.6. The normalized spacial score (nSPS) is 20.9. The van der Waals surface area contributed by atoms with Gasteiger partial charge in [-0.2, -0.15) is 4.31 Å². The second-order valence-corrected chi connectivity index (χ2v) is 6.44. The molecule has 1 saturated heterocycles. The van der Waals surface area contributed by atoms with Crippen molar-refractivity contribution < 1.29 is 17.9 Å². The Morgan fingerprint density at radius 1 is 1.60 bits per heavy atom. The summed E-state index contributed by atoms with van der Waals surface area (Å²) in [5.74, 6) is -0.430. The molecule has 1 fully saturated rings. The summed E-state index contributed by atoms with van der Waals surface area (Å²) in [5, 5.41) is 2.18. The summed E-state index contributed by atoms with van der Waals surface area (Å²) in [4.78, 5) is 15.6. The smallest absolute Gasteiger partial charge is 0.264 e. The third-order valence-corrected chi connectivity index (χ3v) is 5.42. The third-order valence-electron chi connectivity index (χ3n) is 3.02. The number of sulfonamides is 1. The van der Waals surface area contributed by atoms with E-state index in [9.17, 15) is 13.2 Å². The van der Waals surface area contributed by atoms with Crippen molar-refractivity contribution >= 4 is 27.5 Å². The fraction of sp³-hybridized carbons (Fsp3) is 0.600. The molecule has 2 heterocycles. The molecule has 0 spiro atoms. The Hall–Kier alpha value is -1.16. The molecule has 1 amide bonds. The summed E-state index contributed by atoms with van der Waals surface area (Å²) in [5.41, 5.74) is 0. The average Bonchev–Trinajstić information content (AvgIpc) is 2.78. The van der Waals surface area contributed by atoms with Gasteiger partial charge in [-0.25, -0.2) is 13.4 Å². The number of carbonyl (C=O) groups is 1. The van der Waals surface area contributed by atoms with E-state index in [0.29, 0.717) is 0 Å². The van der Waals surface area contributed by atoms with Crippen molar-refractivity contribution in [1.29, 1.82) is 0 Å². The van der Waals surface area contributed by atoms with Crippen molar-refractivity contribution in [3.63, 3.8) is 0 Å². The first-order valence-corrected chi connectivity index (χ1v) is 7.69. The van der Waals surface area contributed by atoms with E-state index in [1.54, 1.807) is 7.05 Å². The first-order chi connectivity index (χ1) is 9.39. The minimum absolute atomic E-state index is 0.00333. The van der Waals surface area contributed by atoms with Crippen LogP contribution in [0.4, 0.5) is 0 Å². The lowest BCUT2D eigenvalue weighted by atomic mass is 10.2. The van der Waals surface area contributed by atoms with Gasteiger partial charge in [-0.3, -0.25) is 4.79 Å². The zero-order valence-electron chi connectivity index (χ0n) is 11.0. The molecular weight excluding hydrogens is 308 g/mol. The maximum Gasteiger partial charge on any atom is 0.264 e. The van der Waals surface area contributed by atoms with Gasteiger partial charge in [0.2, 0.25) is 10.9 Å². The monoisotopic (exact) mass is 322 g/mol. The second kappa shape index (κ2) is 5.68. The van der Waals surface area contributed by atoms with Gasteiger partial charge in [-0.1, -0.05) is 11.6 Å². The number of aryl methyl sites for hydroxylation is 1. The van der Waals surface area contributed by atoms with Gasteiger partial charge in [-0.15, -0.1) is 0 Å². The Morgan fingerprint density at radius 3 is 2.85 bits per heavy atom. The van der Waals surface area contributed by atoms with E-state index in [-0.39, 0.29) is 29.9 Å². The van der Waals surface area contributed by atoms with Gasteiger partial charge in [0.1, 0.15) is 11.2 Å². The molecule has 1 aliphatic rings. The first-order valence-electron chi connectivity index (χ1n) is 5.87. The van der Waals surface area contributed by atoms with Gasteiger partial charge in [0, 0.05) is 20.6 Å². The highest BCUT2D eigenvalue weighted by Crippen LogP contribution is 2.25. The van der Waals surface area contributed by atoms with Crippen molar-refractivity contribution in [3.05, 3.63) is 11.5 Å². The van der Waals surface area contributed by atoms with E-state index in [1.165, 1.54) is 17.9 Å². The number of imidazole rings is 1. The Labute approximate surface area is 121 Å². The van der Waals surface area contributed by atoms with Crippen LogP contribution in [0.15, 0.2) is 11.4 Å². The second-order valence-electron chi connectivity index (χ2n) is 4.27. The number of nitrogens with zero attached hydrogens (tertiary/aromatic N) is 3. The van der Waals surface area contributed by atoms with Crippen molar-refractivity contribution in [2.75, 3.05) is 26.8 Å². The van der Waals surface area contributed by atoms with Crippen LogP contribution in [0.1, 0.15) is 0 Å². The summed E-state index contributed by atoms with van der Waals surface area (Å²) < 4.78 is 32.8. The van der Waals surface area contributed by atoms with Gasteiger partial charge >= 0.3 is 0 Å². The number of hydrogen-bond acceptors (Lipinski definition) is 5. The molecule has 8 nitrogen and oxygen atoms in total. The summed E-state index contributed by atoms with van der Waals surface area (Å²) in [6, 6.07) is -0.920. The largest absolute Gasteiger partial charge is 0.378 e. The fourth-order valence-corrected chi connectivity index (χ4v) is 3.88. The van der Waals surface area contributed by atoms with E-state index >= 15 is 0 Å². The molecule has 0 saturated carbocycles. The lowest BCUT2D eigenvalue weighted by Crippen LogP contribution is -2.55. The molecule has 0 radical (unpaired) electrons. The van der Waals surface area contributed by atoms with Crippen LogP contribution in [0.3, 0.4) is 0 Å². The van der Waals surface area contributed by atoms with Crippen molar-refractivity contribution in [1.82, 2.24) is 19.2 Å². The van der Waals surface area contributed by atoms with E-state index in [4.69, 9.17) is 16.3 Å². The fourth-order valence-electron chi connectivity index (χ4n) is 1.93. The van der Waals surface area contributed by atoms with Crippen LogP contribution in [0.2, 0.25) is 5.15 Å². The maximum atomic E-state index is 12.6. The number of aromatic nitrogens is 2. The number of nitrogens with one attached hydrogen (secondary N) is 1. The van der Waals surface area contributed by atoms with E-state index in [1.807, 2.05) is 0 Å². The molecular formula is C10H15ClN4O4S. The quantitative estimate of drug-likeness (QED) is 0.787. The van der Waals surface area contributed by atoms with Crippen molar-refractivity contribution in [3.8, 4) is 0 Å². The van der Waals surface area contributed by atoms with Crippen LogP contribution in [-0.4, -0.2) is 61.0 Å². The van der Waals surface area contributed by atoms with Gasteiger partial charge in [0.25, 0.3) is 10.0 Å². The molecule has 0 aromatic carbocycles. The number of morpholine rings is 1. The molecule has 10 heteroatoms. The molecule has 1 atom stereocenters. The maximum absolute atomic E-state index is 12.6. The summed E-state index contributed by atoms with van der Waals surface area (Å²) >= 11 is 5.94. The van der Waals surface area contributed by atoms with Gasteiger partial charge < -0.3 is 14.6 Å². The molecule has 1 aliphatic heterocycles. The molecule has 1 aromatic heterocycles. The molecule has 2 rings (SSSR count). The highest BCUT2D eigenvalue weighted by Gasteiger charge is 2.40. The lowest BCUT2D eigenvalue weighted by molar-refractivity contribution is -0.128. The van der Waals surface area contributed by atoms with E-state index < -0.39 is 22.0 Å².